The summed E-state index contributed by atoms with van der Waals surface area (Å²) in [6, 6.07) is 12.0. The number of ether oxygens (including phenoxy) is 2. The fourth-order valence-electron chi connectivity index (χ4n) is 3.76. The molecular weight excluding hydrogens is 602 g/mol. The van der Waals surface area contributed by atoms with E-state index in [9.17, 15) is 26.4 Å². The van der Waals surface area contributed by atoms with Crippen LogP contribution in [0.15, 0.2) is 64.4 Å². The quantitative estimate of drug-likeness (QED) is 0.0786. The highest BCUT2D eigenvalue weighted by atomic mass is 32.2. The molecule has 0 aliphatic heterocycles. The molecule has 3 aromatic rings. The maximum atomic E-state index is 14.2. The number of methoxy groups -OCH3 is 2. The van der Waals surface area contributed by atoms with Crippen molar-refractivity contribution < 1.29 is 44.9 Å². The van der Waals surface area contributed by atoms with Gasteiger partial charge in [0.25, 0.3) is 5.95 Å². The van der Waals surface area contributed by atoms with Gasteiger partial charge in [-0.3, -0.25) is 0 Å². The van der Waals surface area contributed by atoms with E-state index in [-0.39, 0.29) is 23.7 Å². The molecule has 0 saturated carbocycles. The number of sulfonamides is 2. The van der Waals surface area contributed by atoms with E-state index < -0.39 is 47.7 Å². The maximum Gasteiger partial charge on any atom is 0.421 e. The fourth-order valence-corrected chi connectivity index (χ4v) is 6.42. The molecule has 14 nitrogen and oxygen atoms in total. The number of nitrogens with zero attached hydrogens (tertiary/aromatic N) is 3. The predicted octanol–water partition coefficient (Wildman–Crippen LogP) is 2.55. The highest BCUT2D eigenvalue weighted by Gasteiger charge is 2.38. The van der Waals surface area contributed by atoms with Crippen LogP contribution < -0.4 is 10.0 Å². The SMILES string of the molecule is CCCCO[N+](=C(Nc1nc(C)cc(C)n1)NS(=O)(=O)c1ccccc1C(=O)OC)S(=O)(=O)c1ccccc1C(=O)OC. The molecule has 1 aromatic heterocycles. The van der Waals surface area contributed by atoms with Crippen molar-refractivity contribution in [2.75, 3.05) is 26.1 Å². The summed E-state index contributed by atoms with van der Waals surface area (Å²) in [5.74, 6) is -2.83. The van der Waals surface area contributed by atoms with Crippen LogP contribution >= 0.6 is 0 Å². The van der Waals surface area contributed by atoms with Gasteiger partial charge in [0.1, 0.15) is 16.4 Å². The van der Waals surface area contributed by atoms with Crippen molar-refractivity contribution >= 4 is 43.9 Å². The molecule has 0 fully saturated rings. The van der Waals surface area contributed by atoms with Crippen LogP contribution in [0.3, 0.4) is 0 Å². The van der Waals surface area contributed by atoms with Crippen LogP contribution in [0.1, 0.15) is 51.9 Å². The van der Waals surface area contributed by atoms with E-state index in [0.29, 0.717) is 28.4 Å². The molecule has 0 unspecified atom stereocenters. The average Bonchev–Trinajstić information content (AvgIpc) is 2.97. The Balaban J connectivity index is 2.35. The monoisotopic (exact) mass is 634 g/mol. The van der Waals surface area contributed by atoms with Crippen LogP contribution in [0, 0.1) is 13.8 Å². The third-order valence-electron chi connectivity index (χ3n) is 5.70. The lowest BCUT2D eigenvalue weighted by Gasteiger charge is -2.16. The Kier molecular flexibility index (Phi) is 10.8. The molecular formula is C27H32N5O9S2+. The molecule has 0 saturated heterocycles. The number of nitrogens with one attached hydrogen (secondary N) is 2. The van der Waals surface area contributed by atoms with Gasteiger partial charge in [0.15, 0.2) is 0 Å². The summed E-state index contributed by atoms with van der Waals surface area (Å²) in [5, 5.41) is 2.61. The van der Waals surface area contributed by atoms with Gasteiger partial charge >= 0.3 is 37.9 Å². The summed E-state index contributed by atoms with van der Waals surface area (Å²) < 4.78 is 67.8. The van der Waals surface area contributed by atoms with Crippen LogP contribution in [0.4, 0.5) is 5.95 Å². The molecule has 230 valence electrons. The van der Waals surface area contributed by atoms with Gasteiger partial charge in [-0.05, 0) is 50.6 Å². The number of rotatable bonds is 11. The van der Waals surface area contributed by atoms with Gasteiger partial charge in [-0.25, -0.2) is 24.9 Å². The summed E-state index contributed by atoms with van der Waals surface area (Å²) >= 11 is 0. The van der Waals surface area contributed by atoms with Crippen molar-refractivity contribution in [1.82, 2.24) is 14.7 Å². The van der Waals surface area contributed by atoms with Crippen LogP contribution in [0.2, 0.25) is 0 Å². The standard InChI is InChI=1S/C27H31N5O9S2/c1-6-7-16-41-32(43(37,38)23-15-11-9-13-21(23)25(34)40-5)27(30-26-28-18(2)17-19(3)29-26)31-42(35,36)22-14-10-8-12-20(22)24(33)39-4/h8-15,17H,6-7,16H2,1-5H3,(H,28,29,30,31)/p+1. The zero-order chi connectivity index (χ0) is 31.8. The molecule has 0 radical (unpaired) electrons. The van der Waals surface area contributed by atoms with Gasteiger partial charge in [0, 0.05) is 15.5 Å². The minimum absolute atomic E-state index is 0.169. The van der Waals surface area contributed by atoms with Crippen molar-refractivity contribution in [3.63, 3.8) is 0 Å². The number of benzene rings is 2. The van der Waals surface area contributed by atoms with Gasteiger partial charge in [-0.1, -0.05) is 37.6 Å². The van der Waals surface area contributed by atoms with E-state index >= 15 is 0 Å². The van der Waals surface area contributed by atoms with Crippen molar-refractivity contribution in [3.8, 4) is 0 Å². The molecule has 0 amide bonds. The van der Waals surface area contributed by atoms with Crippen LogP contribution in [0.25, 0.3) is 0 Å². The summed E-state index contributed by atoms with van der Waals surface area (Å²) in [5.41, 5.74) is 0.350. The maximum absolute atomic E-state index is 14.2. The van der Waals surface area contributed by atoms with Gasteiger partial charge in [-0.15, -0.1) is 0 Å². The molecule has 43 heavy (non-hydrogen) atoms. The minimum atomic E-state index is -4.86. The number of carbonyl (C=O) groups is 2. The first-order chi connectivity index (χ1) is 20.3. The molecule has 16 heteroatoms. The fraction of sp³-hybridized carbons (Fsp3) is 0.296. The first kappa shape index (κ1) is 32.9. The van der Waals surface area contributed by atoms with E-state index in [1.807, 2.05) is 6.92 Å². The summed E-state index contributed by atoms with van der Waals surface area (Å²) in [6.07, 6.45) is 0.990. The molecule has 3 rings (SSSR count). The molecule has 0 spiro atoms. The van der Waals surface area contributed by atoms with Crippen LogP contribution in [-0.2, 0) is 34.4 Å². The van der Waals surface area contributed by atoms with E-state index in [1.165, 1.54) is 36.4 Å². The van der Waals surface area contributed by atoms with E-state index in [0.717, 1.165) is 26.4 Å². The number of unbranched alkanes of at least 4 members (excludes halogenated alkanes) is 1. The first-order valence-electron chi connectivity index (χ1n) is 12.9. The van der Waals surface area contributed by atoms with Crippen LogP contribution in [0.5, 0.6) is 0 Å². The van der Waals surface area contributed by atoms with Crippen molar-refractivity contribution in [3.05, 3.63) is 77.1 Å². The lowest BCUT2D eigenvalue weighted by molar-refractivity contribution is -0.677. The van der Waals surface area contributed by atoms with Crippen molar-refractivity contribution in [2.45, 2.75) is 43.4 Å². The minimum Gasteiger partial charge on any atom is -0.465 e. The lowest BCUT2D eigenvalue weighted by atomic mass is 10.2. The normalized spacial score (nSPS) is 12.1. The number of aromatic nitrogens is 2. The Morgan fingerprint density at radius 1 is 0.837 bits per heavy atom. The van der Waals surface area contributed by atoms with E-state index in [2.05, 4.69) is 20.0 Å². The molecule has 2 aromatic carbocycles. The number of guanidine groups is 1. The topological polar surface area (TPSA) is 183 Å². The molecule has 1 heterocycles. The largest absolute Gasteiger partial charge is 0.465 e. The summed E-state index contributed by atoms with van der Waals surface area (Å²) in [7, 11) is -7.40. The number of hydrogen-bond acceptors (Lipinski definition) is 11. The Hall–Kier alpha value is -4.57. The van der Waals surface area contributed by atoms with Gasteiger partial charge in [0.2, 0.25) is 0 Å². The lowest BCUT2D eigenvalue weighted by Crippen LogP contribution is -2.46. The zero-order valence-electron chi connectivity index (χ0n) is 24.1. The van der Waals surface area contributed by atoms with Crippen LogP contribution in [-0.4, -0.2) is 69.7 Å². The molecule has 0 aliphatic rings. The average molecular weight is 635 g/mol. The first-order valence-corrected chi connectivity index (χ1v) is 15.8. The number of esters is 2. The molecule has 2 N–H and O–H groups in total. The smallest absolute Gasteiger partial charge is 0.421 e. The second-order valence-corrected chi connectivity index (χ2v) is 12.3. The predicted molar refractivity (Wildman–Crippen MR) is 154 cm³/mol. The second kappa shape index (κ2) is 14.1. The van der Waals surface area contributed by atoms with E-state index in [4.69, 9.17) is 14.3 Å². The second-order valence-electron chi connectivity index (χ2n) is 8.95. The highest BCUT2D eigenvalue weighted by Crippen LogP contribution is 2.21. The summed E-state index contributed by atoms with van der Waals surface area (Å²) in [6.45, 7) is 4.99. The Labute approximate surface area is 249 Å². The Bertz CT molecular complexity index is 1740. The Morgan fingerprint density at radius 2 is 1.35 bits per heavy atom. The zero-order valence-corrected chi connectivity index (χ0v) is 25.8. The summed E-state index contributed by atoms with van der Waals surface area (Å²) in [4.78, 5) is 38.0. The molecule has 0 bridgehead atoms. The third kappa shape index (κ3) is 7.84. The van der Waals surface area contributed by atoms with Gasteiger partial charge < -0.3 is 14.3 Å². The number of carbonyl (C=O) groups excluding carboxylic acids is 2. The van der Waals surface area contributed by atoms with Crippen molar-refractivity contribution in [1.29, 1.82) is 0 Å². The highest BCUT2D eigenvalue weighted by molar-refractivity contribution is 7.90. The Morgan fingerprint density at radius 3 is 1.88 bits per heavy atom. The third-order valence-corrected chi connectivity index (χ3v) is 8.74. The number of hydrogen-bond donors (Lipinski definition) is 2. The van der Waals surface area contributed by atoms with E-state index in [1.54, 1.807) is 19.9 Å². The molecule has 0 atom stereocenters. The molecule has 0 aliphatic carbocycles. The van der Waals surface area contributed by atoms with Crippen molar-refractivity contribution in [2.24, 2.45) is 0 Å². The number of anilines is 1. The van der Waals surface area contributed by atoms with Gasteiger partial charge in [-0.2, -0.15) is 21.6 Å². The number of aryl methyl sites for hydroxylation is 2. The van der Waals surface area contributed by atoms with Gasteiger partial charge in [0.05, 0.1) is 25.3 Å².